The second kappa shape index (κ2) is 3.16. The van der Waals surface area contributed by atoms with Gasteiger partial charge in [-0.1, -0.05) is 20.8 Å². The highest BCUT2D eigenvalue weighted by atomic mass is 16.6. The number of fused-ring (bicyclic) bond motifs is 10. The fraction of sp³-hybridized carbons (Fsp3) is 1.00. The minimum absolute atomic E-state index is 0.722. The van der Waals surface area contributed by atoms with E-state index >= 15 is 0 Å². The summed E-state index contributed by atoms with van der Waals surface area (Å²) in [6.45, 7) is 7.48. The molecule has 18 heavy (non-hydrogen) atoms. The second-order valence-electron chi connectivity index (χ2n) is 8.47. The molecule has 0 aromatic carbocycles. The Bertz CT molecular complexity index is 389. The van der Waals surface area contributed by atoms with Crippen LogP contribution in [-0.2, 0) is 4.74 Å². The Morgan fingerprint density at radius 3 is 2.33 bits per heavy atom. The van der Waals surface area contributed by atoms with E-state index in [9.17, 15) is 0 Å². The van der Waals surface area contributed by atoms with Crippen LogP contribution in [0.5, 0.6) is 0 Å². The second-order valence-corrected chi connectivity index (χ2v) is 8.47. The van der Waals surface area contributed by atoms with Crippen molar-refractivity contribution in [2.24, 2.45) is 53.3 Å². The van der Waals surface area contributed by atoms with Gasteiger partial charge in [-0.15, -0.1) is 0 Å². The molecule has 2 bridgehead atoms. The van der Waals surface area contributed by atoms with Gasteiger partial charge >= 0.3 is 0 Å². The Balaban J connectivity index is 1.50. The summed E-state index contributed by atoms with van der Waals surface area (Å²) in [6, 6.07) is 0. The largest absolute Gasteiger partial charge is 0.369 e. The van der Waals surface area contributed by atoms with Crippen LogP contribution in [0.3, 0.4) is 0 Å². The maximum absolute atomic E-state index is 5.93. The zero-order valence-corrected chi connectivity index (χ0v) is 11.9. The third-order valence-electron chi connectivity index (χ3n) is 7.68. The van der Waals surface area contributed by atoms with Crippen molar-refractivity contribution in [2.75, 3.05) is 0 Å². The summed E-state index contributed by atoms with van der Waals surface area (Å²) in [5, 5.41) is 0. The molecule has 0 radical (unpaired) electrons. The molecule has 1 aliphatic heterocycles. The van der Waals surface area contributed by atoms with Gasteiger partial charge in [-0.3, -0.25) is 0 Å². The number of hydrogen-bond acceptors (Lipinski definition) is 1. The average molecular weight is 246 g/mol. The third-order valence-corrected chi connectivity index (χ3v) is 7.68. The SMILES string of the molecule is CC(C)C1CC(C)C2C1CC1C3CC(C4OC34)C12. The fourth-order valence-corrected chi connectivity index (χ4v) is 7.25. The first-order chi connectivity index (χ1) is 8.66. The molecular weight excluding hydrogens is 220 g/mol. The van der Waals surface area contributed by atoms with Gasteiger partial charge in [0, 0.05) is 0 Å². The van der Waals surface area contributed by atoms with E-state index in [1.165, 1.54) is 12.8 Å². The first-order valence-electron chi connectivity index (χ1n) is 8.32. The smallest absolute Gasteiger partial charge is 0.0875 e. The van der Waals surface area contributed by atoms with Crippen LogP contribution in [-0.4, -0.2) is 12.2 Å². The molecule has 100 valence electrons. The molecule has 0 spiro atoms. The van der Waals surface area contributed by atoms with E-state index in [1.807, 2.05) is 0 Å². The molecule has 5 fully saturated rings. The normalized spacial score (nSPS) is 67.3. The molecule has 5 rings (SSSR count). The summed E-state index contributed by atoms with van der Waals surface area (Å²) in [5.74, 6) is 9.19. The molecular formula is C17H26O. The van der Waals surface area contributed by atoms with Crippen LogP contribution in [0.1, 0.15) is 40.0 Å². The summed E-state index contributed by atoms with van der Waals surface area (Å²) in [4.78, 5) is 0. The maximum Gasteiger partial charge on any atom is 0.0875 e. The Kier molecular flexibility index (Phi) is 1.88. The summed E-state index contributed by atoms with van der Waals surface area (Å²) in [6.07, 6.45) is 6.06. The van der Waals surface area contributed by atoms with E-state index in [0.717, 1.165) is 65.5 Å². The van der Waals surface area contributed by atoms with Gasteiger partial charge in [-0.2, -0.15) is 0 Å². The molecule has 5 aliphatic rings. The van der Waals surface area contributed by atoms with Crippen LogP contribution in [0.25, 0.3) is 0 Å². The van der Waals surface area contributed by atoms with Crippen LogP contribution in [0.15, 0.2) is 0 Å². The standard InChI is InChI=1S/C17H26O/c1-7(2)9-4-8(3)14-10(9)5-11-12-6-13(15(11)14)17-16(12)18-17/h7-17H,4-6H2,1-3H3. The maximum atomic E-state index is 5.93. The fourth-order valence-electron chi connectivity index (χ4n) is 7.25. The highest BCUT2D eigenvalue weighted by Gasteiger charge is 2.72. The Hall–Kier alpha value is -0.0400. The van der Waals surface area contributed by atoms with Crippen LogP contribution >= 0.6 is 0 Å². The van der Waals surface area contributed by atoms with Gasteiger partial charge in [0.05, 0.1) is 12.2 Å². The lowest BCUT2D eigenvalue weighted by atomic mass is 9.74. The topological polar surface area (TPSA) is 12.5 Å². The summed E-state index contributed by atoms with van der Waals surface area (Å²) >= 11 is 0. The summed E-state index contributed by atoms with van der Waals surface area (Å²) < 4.78 is 5.93. The Morgan fingerprint density at radius 1 is 0.833 bits per heavy atom. The third kappa shape index (κ3) is 1.06. The van der Waals surface area contributed by atoms with Crippen molar-refractivity contribution >= 4 is 0 Å². The van der Waals surface area contributed by atoms with Gasteiger partial charge in [0.2, 0.25) is 0 Å². The molecule has 0 amide bonds. The molecule has 4 saturated carbocycles. The molecule has 0 aromatic rings. The highest BCUT2D eigenvalue weighted by Crippen LogP contribution is 2.72. The van der Waals surface area contributed by atoms with Crippen molar-refractivity contribution in [2.45, 2.75) is 52.2 Å². The van der Waals surface area contributed by atoms with E-state index in [2.05, 4.69) is 20.8 Å². The van der Waals surface area contributed by atoms with Gasteiger partial charge in [0.15, 0.2) is 0 Å². The molecule has 0 aromatic heterocycles. The molecule has 10 unspecified atom stereocenters. The molecule has 4 aliphatic carbocycles. The van der Waals surface area contributed by atoms with Crippen molar-refractivity contribution in [1.82, 2.24) is 0 Å². The van der Waals surface area contributed by atoms with Gasteiger partial charge in [0.1, 0.15) is 0 Å². The van der Waals surface area contributed by atoms with Crippen LogP contribution in [0, 0.1) is 53.3 Å². The van der Waals surface area contributed by atoms with Crippen molar-refractivity contribution in [1.29, 1.82) is 0 Å². The van der Waals surface area contributed by atoms with E-state index < -0.39 is 0 Å². The number of epoxide rings is 1. The zero-order valence-electron chi connectivity index (χ0n) is 11.9. The van der Waals surface area contributed by atoms with E-state index in [4.69, 9.17) is 4.74 Å². The molecule has 10 atom stereocenters. The predicted molar refractivity (Wildman–Crippen MR) is 70.9 cm³/mol. The number of hydrogen-bond donors (Lipinski definition) is 0. The minimum atomic E-state index is 0.722. The van der Waals surface area contributed by atoms with Crippen LogP contribution < -0.4 is 0 Å². The molecule has 1 nitrogen and oxygen atoms in total. The molecule has 1 heteroatoms. The average Bonchev–Trinajstić information content (AvgIpc) is 2.67. The van der Waals surface area contributed by atoms with Gasteiger partial charge in [-0.05, 0) is 72.5 Å². The van der Waals surface area contributed by atoms with E-state index in [0.29, 0.717) is 0 Å². The lowest BCUT2D eigenvalue weighted by Gasteiger charge is -2.29. The molecule has 1 saturated heterocycles. The molecule has 1 heterocycles. The number of ether oxygens (including phenoxy) is 1. The monoisotopic (exact) mass is 246 g/mol. The summed E-state index contributed by atoms with van der Waals surface area (Å²) in [7, 11) is 0. The van der Waals surface area contributed by atoms with Gasteiger partial charge < -0.3 is 4.74 Å². The van der Waals surface area contributed by atoms with Crippen molar-refractivity contribution in [3.05, 3.63) is 0 Å². The van der Waals surface area contributed by atoms with Gasteiger partial charge in [0.25, 0.3) is 0 Å². The van der Waals surface area contributed by atoms with Crippen molar-refractivity contribution < 1.29 is 4.74 Å². The van der Waals surface area contributed by atoms with Crippen LogP contribution in [0.2, 0.25) is 0 Å². The predicted octanol–water partition coefficient (Wildman–Crippen LogP) is 3.58. The van der Waals surface area contributed by atoms with E-state index in [-0.39, 0.29) is 0 Å². The summed E-state index contributed by atoms with van der Waals surface area (Å²) in [5.41, 5.74) is 0. The first-order valence-corrected chi connectivity index (χ1v) is 8.32. The molecule has 0 N–H and O–H groups in total. The van der Waals surface area contributed by atoms with Crippen LogP contribution in [0.4, 0.5) is 0 Å². The van der Waals surface area contributed by atoms with E-state index in [1.54, 1.807) is 6.42 Å². The van der Waals surface area contributed by atoms with Crippen molar-refractivity contribution in [3.63, 3.8) is 0 Å². The van der Waals surface area contributed by atoms with Gasteiger partial charge in [-0.25, -0.2) is 0 Å². The Labute approximate surface area is 111 Å². The lowest BCUT2D eigenvalue weighted by molar-refractivity contribution is 0.174. The quantitative estimate of drug-likeness (QED) is 0.644. The first kappa shape index (κ1) is 10.7. The zero-order chi connectivity index (χ0) is 12.2. The highest BCUT2D eigenvalue weighted by molar-refractivity contribution is 5.19. The number of rotatable bonds is 1. The lowest BCUT2D eigenvalue weighted by Crippen LogP contribution is -2.29. The van der Waals surface area contributed by atoms with Crippen molar-refractivity contribution in [3.8, 4) is 0 Å². The minimum Gasteiger partial charge on any atom is -0.369 e. The Morgan fingerprint density at radius 2 is 1.56 bits per heavy atom.